The van der Waals surface area contributed by atoms with Gasteiger partial charge >= 0.3 is 0 Å². The number of nitrogens with zero attached hydrogens (tertiary/aromatic N) is 5. The summed E-state index contributed by atoms with van der Waals surface area (Å²) in [6, 6.07) is 94.1. The minimum absolute atomic E-state index is 0.154. The summed E-state index contributed by atoms with van der Waals surface area (Å²) in [6.45, 7) is 27.9. The van der Waals surface area contributed by atoms with Gasteiger partial charge in [0.1, 0.15) is 0 Å². The van der Waals surface area contributed by atoms with Crippen molar-refractivity contribution in [3.63, 3.8) is 0 Å². The average molecular weight is 1180 g/mol. The molecule has 0 radical (unpaired) electrons. The van der Waals surface area contributed by atoms with Gasteiger partial charge in [-0.25, -0.2) is 15.0 Å². The van der Waals surface area contributed by atoms with Crippen LogP contribution in [0.15, 0.2) is 255 Å². The number of aromatic nitrogens is 3. The molecule has 91 heavy (non-hydrogen) atoms. The van der Waals surface area contributed by atoms with E-state index < -0.39 is 0 Å². The van der Waals surface area contributed by atoms with Crippen LogP contribution in [0.25, 0.3) is 78.7 Å². The highest BCUT2D eigenvalue weighted by Crippen LogP contribution is 2.49. The number of hydrogen-bond acceptors (Lipinski definition) is 5. The molecule has 0 atom stereocenters. The summed E-state index contributed by atoms with van der Waals surface area (Å²) in [5, 5.41) is 0. The lowest BCUT2D eigenvalue weighted by Crippen LogP contribution is -2.61. The Hall–Kier alpha value is -9.91. The van der Waals surface area contributed by atoms with Crippen molar-refractivity contribution in [2.75, 3.05) is 9.80 Å². The van der Waals surface area contributed by atoms with Crippen molar-refractivity contribution < 1.29 is 0 Å². The zero-order valence-electron chi connectivity index (χ0n) is 54.6. The summed E-state index contributed by atoms with van der Waals surface area (Å²) in [4.78, 5) is 21.8. The maximum atomic E-state index is 5.63. The Balaban J connectivity index is 1.11. The smallest absolute Gasteiger partial charge is 0.252 e. The van der Waals surface area contributed by atoms with Gasteiger partial charge in [0.2, 0.25) is 0 Å². The third-order valence-electron chi connectivity index (χ3n) is 18.5. The minimum Gasteiger partial charge on any atom is -0.311 e. The molecule has 1 aromatic heterocycles. The van der Waals surface area contributed by atoms with Crippen molar-refractivity contribution in [3.05, 3.63) is 277 Å². The van der Waals surface area contributed by atoms with Gasteiger partial charge in [-0.05, 0) is 153 Å². The first kappa shape index (κ1) is 58.8. The number of anilines is 6. The third-order valence-corrected chi connectivity index (χ3v) is 18.5. The first-order chi connectivity index (χ1) is 43.6. The van der Waals surface area contributed by atoms with Crippen LogP contribution in [0.2, 0.25) is 0 Å². The zero-order valence-corrected chi connectivity index (χ0v) is 54.6. The summed E-state index contributed by atoms with van der Waals surface area (Å²) < 4.78 is 0. The minimum atomic E-state index is -0.194. The number of rotatable bonds is 9. The molecule has 6 heteroatoms. The summed E-state index contributed by atoms with van der Waals surface area (Å²) in [7, 11) is 0. The second-order valence-corrected chi connectivity index (χ2v) is 29.0. The molecular weight excluding hydrogens is 1100 g/mol. The third kappa shape index (κ3) is 11.3. The lowest BCUT2D eigenvalue weighted by Gasteiger charge is -2.45. The predicted octanol–water partition coefficient (Wildman–Crippen LogP) is 20.8. The molecule has 2 aliphatic heterocycles. The molecule has 446 valence electrons. The van der Waals surface area contributed by atoms with E-state index in [1.807, 2.05) is 0 Å². The normalized spacial score (nSPS) is 13.0. The fraction of sp³-hybridized carbons (Fsp3) is 0.188. The second-order valence-electron chi connectivity index (χ2n) is 29.0. The van der Waals surface area contributed by atoms with Crippen molar-refractivity contribution in [1.29, 1.82) is 0 Å². The molecule has 12 aromatic rings. The Morgan fingerprint density at radius 3 is 0.813 bits per heavy atom. The molecule has 0 spiro atoms. The fourth-order valence-corrected chi connectivity index (χ4v) is 13.2. The summed E-state index contributed by atoms with van der Waals surface area (Å²) >= 11 is 0. The first-order valence-electron chi connectivity index (χ1n) is 32.2. The molecule has 11 aromatic carbocycles. The van der Waals surface area contributed by atoms with Crippen LogP contribution in [0.1, 0.15) is 105 Å². The van der Waals surface area contributed by atoms with E-state index in [1.165, 1.54) is 60.9 Å². The van der Waals surface area contributed by atoms with E-state index >= 15 is 0 Å². The van der Waals surface area contributed by atoms with Gasteiger partial charge in [-0.1, -0.05) is 289 Å². The van der Waals surface area contributed by atoms with Crippen LogP contribution in [-0.2, 0) is 21.7 Å². The lowest BCUT2D eigenvalue weighted by molar-refractivity contribution is 0.568. The summed E-state index contributed by atoms with van der Waals surface area (Å²) in [5.41, 5.74) is 26.8. The van der Waals surface area contributed by atoms with E-state index in [-0.39, 0.29) is 28.4 Å². The van der Waals surface area contributed by atoms with E-state index in [0.29, 0.717) is 17.5 Å². The van der Waals surface area contributed by atoms with Crippen molar-refractivity contribution in [1.82, 2.24) is 15.0 Å². The molecular formula is C85H78BN5. The van der Waals surface area contributed by atoms with Gasteiger partial charge in [-0.15, -0.1) is 0 Å². The Morgan fingerprint density at radius 1 is 0.242 bits per heavy atom. The molecule has 0 saturated heterocycles. The number of fused-ring (bicyclic) bond motifs is 4. The molecule has 2 aliphatic rings. The standard InChI is InChI=1S/C85H78BN5/c1-82(2,3)66-49-67(83(4,5)6)52-70(51-66)90-74-43-41-63(57-29-21-15-22-30-57)45-72(74)86-73-46-64(58-31-23-16-24-32-58)42-44-75(73)91(71-53-68(84(7,8)9)50-69(54-71)85(10,11)12)77-48-65(47-76(90)78(77)86)81-88-79(61-37-33-59(34-38-61)55-25-17-13-18-26-55)87-80(89-81)62-39-35-60(36-40-62)56-27-19-14-20-28-56/h13-54H,1-12H3. The van der Waals surface area contributed by atoms with Crippen LogP contribution in [0.5, 0.6) is 0 Å². The fourth-order valence-electron chi connectivity index (χ4n) is 13.2. The molecule has 0 unspecified atom stereocenters. The molecule has 0 amide bonds. The molecule has 0 fully saturated rings. The van der Waals surface area contributed by atoms with Crippen molar-refractivity contribution >= 4 is 57.2 Å². The summed E-state index contributed by atoms with van der Waals surface area (Å²) in [6.07, 6.45) is 0. The van der Waals surface area contributed by atoms with Crippen LogP contribution < -0.4 is 26.2 Å². The number of benzene rings is 11. The van der Waals surface area contributed by atoms with Crippen molar-refractivity contribution in [2.45, 2.75) is 105 Å². The topological polar surface area (TPSA) is 45.2 Å². The second kappa shape index (κ2) is 22.5. The molecule has 0 aliphatic carbocycles. The number of hydrogen-bond donors (Lipinski definition) is 0. The monoisotopic (exact) mass is 1180 g/mol. The molecule has 0 bridgehead atoms. The van der Waals surface area contributed by atoms with Gasteiger partial charge in [-0.2, -0.15) is 0 Å². The molecule has 0 saturated carbocycles. The largest absolute Gasteiger partial charge is 0.311 e. The van der Waals surface area contributed by atoms with Crippen LogP contribution in [0.4, 0.5) is 34.1 Å². The Bertz CT molecular complexity index is 4350. The molecule has 14 rings (SSSR count). The molecule has 5 nitrogen and oxygen atoms in total. The van der Waals surface area contributed by atoms with Gasteiger partial charge in [0.05, 0.1) is 0 Å². The van der Waals surface area contributed by atoms with E-state index in [2.05, 4.69) is 348 Å². The lowest BCUT2D eigenvalue weighted by atomic mass is 9.33. The van der Waals surface area contributed by atoms with E-state index in [1.54, 1.807) is 0 Å². The first-order valence-corrected chi connectivity index (χ1v) is 32.2. The van der Waals surface area contributed by atoms with E-state index in [0.717, 1.165) is 73.1 Å². The SMILES string of the molecule is CC(C)(C)c1cc(N2c3ccc(-c4ccccc4)cc3B3c4cc(-c5ccccc5)ccc4N(c4cc(C(C)(C)C)cc(C(C)(C)C)c4)c4cc(-c5nc(-c6ccc(-c7ccccc7)cc6)nc(-c6ccc(-c7ccccc7)cc6)n5)cc2c43)cc(C(C)(C)C)c1. The van der Waals surface area contributed by atoms with Gasteiger partial charge in [0.25, 0.3) is 6.71 Å². The highest BCUT2D eigenvalue weighted by Gasteiger charge is 2.45. The predicted molar refractivity (Wildman–Crippen MR) is 387 cm³/mol. The van der Waals surface area contributed by atoms with Crippen LogP contribution in [0, 0.1) is 0 Å². The van der Waals surface area contributed by atoms with Gasteiger partial charge in [0, 0.05) is 50.8 Å². The van der Waals surface area contributed by atoms with Gasteiger partial charge < -0.3 is 9.80 Å². The Morgan fingerprint density at radius 2 is 0.505 bits per heavy atom. The van der Waals surface area contributed by atoms with E-state index in [4.69, 9.17) is 15.0 Å². The maximum absolute atomic E-state index is 5.63. The zero-order chi connectivity index (χ0) is 63.1. The van der Waals surface area contributed by atoms with Crippen LogP contribution in [0.3, 0.4) is 0 Å². The van der Waals surface area contributed by atoms with E-state index in [9.17, 15) is 0 Å². The van der Waals surface area contributed by atoms with Gasteiger partial charge in [0.15, 0.2) is 17.5 Å². The van der Waals surface area contributed by atoms with Gasteiger partial charge in [-0.3, -0.25) is 0 Å². The quantitative estimate of drug-likeness (QED) is 0.135. The van der Waals surface area contributed by atoms with Crippen molar-refractivity contribution in [3.8, 4) is 78.7 Å². The Kier molecular flexibility index (Phi) is 14.6. The van der Waals surface area contributed by atoms with Crippen LogP contribution >= 0.6 is 0 Å². The Labute approximate surface area is 539 Å². The van der Waals surface area contributed by atoms with Crippen molar-refractivity contribution in [2.24, 2.45) is 0 Å². The van der Waals surface area contributed by atoms with Crippen LogP contribution in [-0.4, -0.2) is 21.7 Å². The highest BCUT2D eigenvalue weighted by molar-refractivity contribution is 7.00. The maximum Gasteiger partial charge on any atom is 0.252 e. The summed E-state index contributed by atoms with van der Waals surface area (Å²) in [5.74, 6) is 1.79. The highest BCUT2D eigenvalue weighted by atomic mass is 15.2. The molecule has 3 heterocycles. The molecule has 0 N–H and O–H groups in total. The average Bonchev–Trinajstić information content (AvgIpc) is 0.715.